The molecular formula is C18H23N3. The third-order valence-corrected chi connectivity index (χ3v) is 4.12. The zero-order valence-electron chi connectivity index (χ0n) is 12.4. The van der Waals surface area contributed by atoms with E-state index in [0.717, 1.165) is 19.5 Å². The van der Waals surface area contributed by atoms with Crippen molar-refractivity contribution < 1.29 is 0 Å². The monoisotopic (exact) mass is 281 g/mol. The Morgan fingerprint density at radius 3 is 2.71 bits per heavy atom. The van der Waals surface area contributed by atoms with E-state index in [0.29, 0.717) is 6.04 Å². The minimum Gasteiger partial charge on any atom is -0.381 e. The molecule has 1 N–H and O–H groups in total. The zero-order chi connectivity index (χ0) is 14.3. The van der Waals surface area contributed by atoms with Gasteiger partial charge in [0.25, 0.3) is 0 Å². The number of nitrogens with one attached hydrogen (secondary N) is 1. The summed E-state index contributed by atoms with van der Waals surface area (Å²) in [6, 6.07) is 15.3. The molecule has 1 aromatic carbocycles. The van der Waals surface area contributed by atoms with Gasteiger partial charge >= 0.3 is 0 Å². The van der Waals surface area contributed by atoms with E-state index in [9.17, 15) is 0 Å². The van der Waals surface area contributed by atoms with Crippen LogP contribution in [-0.2, 0) is 6.42 Å². The van der Waals surface area contributed by atoms with E-state index in [4.69, 9.17) is 0 Å². The lowest BCUT2D eigenvalue weighted by atomic mass is 10.0. The number of para-hydroxylation sites is 1. The Kier molecular flexibility index (Phi) is 4.85. The molecular weight excluding hydrogens is 258 g/mol. The van der Waals surface area contributed by atoms with E-state index in [1.165, 1.54) is 30.6 Å². The summed E-state index contributed by atoms with van der Waals surface area (Å²) in [5.74, 6) is 0. The summed E-state index contributed by atoms with van der Waals surface area (Å²) in [7, 11) is 0. The van der Waals surface area contributed by atoms with Crippen molar-refractivity contribution in [1.82, 2.24) is 9.88 Å². The highest BCUT2D eigenvalue weighted by Gasteiger charge is 2.19. The first-order chi connectivity index (χ1) is 10.4. The molecule has 1 aromatic heterocycles. The molecule has 1 atom stereocenters. The Balaban J connectivity index is 1.49. The van der Waals surface area contributed by atoms with Crippen LogP contribution in [0.5, 0.6) is 0 Å². The minimum absolute atomic E-state index is 0.568. The predicted octanol–water partition coefficient (Wildman–Crippen LogP) is 3.20. The fourth-order valence-corrected chi connectivity index (χ4v) is 2.98. The number of benzene rings is 1. The molecule has 3 heteroatoms. The maximum atomic E-state index is 4.08. The van der Waals surface area contributed by atoms with Crippen LogP contribution in [0.2, 0.25) is 0 Å². The quantitative estimate of drug-likeness (QED) is 0.912. The van der Waals surface area contributed by atoms with Gasteiger partial charge in [-0.2, -0.15) is 0 Å². The second-order valence-electron chi connectivity index (χ2n) is 5.76. The molecule has 0 bridgehead atoms. The van der Waals surface area contributed by atoms with Crippen molar-refractivity contribution in [2.75, 3.05) is 25.0 Å². The number of pyridine rings is 1. The topological polar surface area (TPSA) is 28.2 Å². The first kappa shape index (κ1) is 14.1. The Morgan fingerprint density at radius 2 is 1.90 bits per heavy atom. The molecule has 0 radical (unpaired) electrons. The molecule has 1 aliphatic heterocycles. The molecule has 2 aromatic rings. The minimum atomic E-state index is 0.568. The molecule has 110 valence electrons. The first-order valence-corrected chi connectivity index (χ1v) is 7.83. The number of hydrogen-bond donors (Lipinski definition) is 1. The van der Waals surface area contributed by atoms with E-state index in [2.05, 4.69) is 57.7 Å². The average Bonchev–Trinajstić information content (AvgIpc) is 2.55. The van der Waals surface area contributed by atoms with Crippen LogP contribution in [0, 0.1) is 0 Å². The highest BCUT2D eigenvalue weighted by molar-refractivity contribution is 5.43. The summed E-state index contributed by atoms with van der Waals surface area (Å²) in [6.45, 7) is 3.50. The third-order valence-electron chi connectivity index (χ3n) is 4.12. The largest absolute Gasteiger partial charge is 0.381 e. The van der Waals surface area contributed by atoms with Crippen molar-refractivity contribution in [3.05, 3.63) is 60.4 Å². The summed E-state index contributed by atoms with van der Waals surface area (Å²) >= 11 is 0. The van der Waals surface area contributed by atoms with Crippen LogP contribution < -0.4 is 5.32 Å². The molecule has 3 nitrogen and oxygen atoms in total. The molecule has 3 rings (SSSR count). The van der Waals surface area contributed by atoms with Crippen molar-refractivity contribution in [2.45, 2.75) is 25.3 Å². The zero-order valence-corrected chi connectivity index (χ0v) is 12.4. The predicted molar refractivity (Wildman–Crippen MR) is 87.5 cm³/mol. The van der Waals surface area contributed by atoms with Gasteiger partial charge in [-0.3, -0.25) is 4.98 Å². The lowest BCUT2D eigenvalue weighted by molar-refractivity contribution is 0.219. The van der Waals surface area contributed by atoms with Gasteiger partial charge in [0.05, 0.1) is 0 Å². The standard InChI is InChI=1S/C18H23N3/c1-2-5-17(6-3-1)20-18-7-4-13-21(15-18)14-10-16-8-11-19-12-9-16/h1-3,5-6,8-9,11-12,18,20H,4,7,10,13-15H2/t18-/m0/s1. The summed E-state index contributed by atoms with van der Waals surface area (Å²) in [5, 5.41) is 3.66. The Bertz CT molecular complexity index is 527. The van der Waals surface area contributed by atoms with E-state index in [1.54, 1.807) is 0 Å². The smallest absolute Gasteiger partial charge is 0.0388 e. The SMILES string of the molecule is c1ccc(N[C@H]2CCCN(CCc3ccncc3)C2)cc1. The van der Waals surface area contributed by atoms with Gasteiger partial charge in [0, 0.05) is 37.2 Å². The maximum Gasteiger partial charge on any atom is 0.0388 e. The normalized spacial score (nSPS) is 19.3. The van der Waals surface area contributed by atoms with Gasteiger partial charge in [0.15, 0.2) is 0 Å². The van der Waals surface area contributed by atoms with Gasteiger partial charge < -0.3 is 10.2 Å². The summed E-state index contributed by atoms with van der Waals surface area (Å²) in [6.07, 6.45) is 7.42. The first-order valence-electron chi connectivity index (χ1n) is 7.83. The summed E-state index contributed by atoms with van der Waals surface area (Å²) in [5.41, 5.74) is 2.61. The number of piperidine rings is 1. The third kappa shape index (κ3) is 4.30. The second kappa shape index (κ2) is 7.23. The molecule has 0 aliphatic carbocycles. The van der Waals surface area contributed by atoms with E-state index < -0.39 is 0 Å². The van der Waals surface area contributed by atoms with Crippen LogP contribution >= 0.6 is 0 Å². The van der Waals surface area contributed by atoms with Gasteiger partial charge in [0.1, 0.15) is 0 Å². The Hall–Kier alpha value is -1.87. The van der Waals surface area contributed by atoms with Crippen LogP contribution in [0.3, 0.4) is 0 Å². The molecule has 0 spiro atoms. The number of aromatic nitrogens is 1. The van der Waals surface area contributed by atoms with Crippen molar-refractivity contribution in [1.29, 1.82) is 0 Å². The molecule has 1 saturated heterocycles. The van der Waals surface area contributed by atoms with Crippen molar-refractivity contribution >= 4 is 5.69 Å². The van der Waals surface area contributed by atoms with Crippen molar-refractivity contribution in [3.8, 4) is 0 Å². The number of likely N-dealkylation sites (tertiary alicyclic amines) is 1. The lowest BCUT2D eigenvalue weighted by Gasteiger charge is -2.33. The molecule has 0 amide bonds. The number of anilines is 1. The number of nitrogens with zero attached hydrogens (tertiary/aromatic N) is 2. The maximum absolute atomic E-state index is 4.08. The molecule has 1 fully saturated rings. The molecule has 2 heterocycles. The number of rotatable bonds is 5. The number of hydrogen-bond acceptors (Lipinski definition) is 3. The van der Waals surface area contributed by atoms with Gasteiger partial charge in [0.2, 0.25) is 0 Å². The lowest BCUT2D eigenvalue weighted by Crippen LogP contribution is -2.42. The molecule has 21 heavy (non-hydrogen) atoms. The van der Waals surface area contributed by atoms with Crippen LogP contribution in [0.4, 0.5) is 5.69 Å². The highest BCUT2D eigenvalue weighted by Crippen LogP contribution is 2.16. The van der Waals surface area contributed by atoms with E-state index in [-0.39, 0.29) is 0 Å². The fraction of sp³-hybridized carbons (Fsp3) is 0.389. The van der Waals surface area contributed by atoms with E-state index in [1.807, 2.05) is 12.4 Å². The van der Waals surface area contributed by atoms with Crippen LogP contribution in [0.1, 0.15) is 18.4 Å². The Morgan fingerprint density at radius 1 is 1.10 bits per heavy atom. The average molecular weight is 281 g/mol. The van der Waals surface area contributed by atoms with Gasteiger partial charge in [-0.25, -0.2) is 0 Å². The van der Waals surface area contributed by atoms with Gasteiger partial charge in [-0.15, -0.1) is 0 Å². The molecule has 0 saturated carbocycles. The molecule has 0 unspecified atom stereocenters. The summed E-state index contributed by atoms with van der Waals surface area (Å²) in [4.78, 5) is 6.65. The summed E-state index contributed by atoms with van der Waals surface area (Å²) < 4.78 is 0. The Labute approximate surface area is 127 Å². The van der Waals surface area contributed by atoms with Crippen LogP contribution in [-0.4, -0.2) is 35.6 Å². The molecule has 1 aliphatic rings. The van der Waals surface area contributed by atoms with E-state index >= 15 is 0 Å². The van der Waals surface area contributed by atoms with Crippen molar-refractivity contribution in [2.24, 2.45) is 0 Å². The van der Waals surface area contributed by atoms with Crippen molar-refractivity contribution in [3.63, 3.8) is 0 Å². The van der Waals surface area contributed by atoms with Crippen LogP contribution in [0.15, 0.2) is 54.9 Å². The van der Waals surface area contributed by atoms with Gasteiger partial charge in [-0.1, -0.05) is 18.2 Å². The highest BCUT2D eigenvalue weighted by atomic mass is 15.2. The van der Waals surface area contributed by atoms with Crippen LogP contribution in [0.25, 0.3) is 0 Å². The van der Waals surface area contributed by atoms with Gasteiger partial charge in [-0.05, 0) is 55.6 Å². The second-order valence-corrected chi connectivity index (χ2v) is 5.76. The fourth-order valence-electron chi connectivity index (χ4n) is 2.98.